The first-order valence-electron chi connectivity index (χ1n) is 6.73. The van der Waals surface area contributed by atoms with Gasteiger partial charge in [0.2, 0.25) is 10.0 Å². The van der Waals surface area contributed by atoms with Gasteiger partial charge < -0.3 is 15.7 Å². The lowest BCUT2D eigenvalue weighted by molar-refractivity contribution is 0.283. The van der Waals surface area contributed by atoms with Gasteiger partial charge in [0.25, 0.3) is 0 Å². The Morgan fingerprint density at radius 3 is 2.55 bits per heavy atom. The second-order valence-corrected chi connectivity index (χ2v) is 6.68. The Hall–Kier alpha value is -1.31. The smallest absolute Gasteiger partial charge is 0.238 e. The lowest BCUT2D eigenvalue weighted by Gasteiger charge is -2.40. The molecule has 1 fully saturated rings. The molecular formula is C13H21N3O3S. The maximum absolute atomic E-state index is 11.5. The van der Waals surface area contributed by atoms with Gasteiger partial charge in [-0.2, -0.15) is 0 Å². The van der Waals surface area contributed by atoms with Gasteiger partial charge in [-0.1, -0.05) is 0 Å². The fourth-order valence-corrected chi connectivity index (χ4v) is 2.92. The Labute approximate surface area is 119 Å². The van der Waals surface area contributed by atoms with Crippen LogP contribution in [0, 0.1) is 0 Å². The van der Waals surface area contributed by atoms with Crippen LogP contribution in [0.3, 0.4) is 0 Å². The van der Waals surface area contributed by atoms with Crippen molar-refractivity contribution < 1.29 is 13.5 Å². The third kappa shape index (κ3) is 3.23. The highest BCUT2D eigenvalue weighted by molar-refractivity contribution is 7.89. The number of primary sulfonamides is 1. The molecule has 1 aromatic carbocycles. The number of nitrogens with two attached hydrogens (primary N) is 2. The fraction of sp³-hybridized carbons (Fsp3) is 0.538. The van der Waals surface area contributed by atoms with Gasteiger partial charge in [-0.3, -0.25) is 0 Å². The lowest BCUT2D eigenvalue weighted by Crippen LogP contribution is -2.41. The van der Waals surface area contributed by atoms with E-state index in [-0.39, 0.29) is 11.5 Å². The van der Waals surface area contributed by atoms with E-state index >= 15 is 0 Å². The molecule has 2 rings (SSSR count). The minimum atomic E-state index is -3.74. The molecular weight excluding hydrogens is 278 g/mol. The Morgan fingerprint density at radius 2 is 2.05 bits per heavy atom. The van der Waals surface area contributed by atoms with Crippen molar-refractivity contribution >= 4 is 21.4 Å². The maximum atomic E-state index is 11.5. The molecule has 0 heterocycles. The fourth-order valence-electron chi connectivity index (χ4n) is 2.39. The largest absolute Gasteiger partial charge is 0.397 e. The van der Waals surface area contributed by atoms with Crippen molar-refractivity contribution in [2.24, 2.45) is 5.14 Å². The molecule has 1 aliphatic carbocycles. The van der Waals surface area contributed by atoms with Crippen molar-refractivity contribution in [2.45, 2.75) is 36.6 Å². The predicted molar refractivity (Wildman–Crippen MR) is 78.9 cm³/mol. The summed E-state index contributed by atoms with van der Waals surface area (Å²) in [5.74, 6) is 0. The van der Waals surface area contributed by atoms with E-state index in [1.54, 1.807) is 6.07 Å². The van der Waals surface area contributed by atoms with Gasteiger partial charge in [-0.25, -0.2) is 13.6 Å². The Morgan fingerprint density at radius 1 is 1.35 bits per heavy atom. The van der Waals surface area contributed by atoms with E-state index in [9.17, 15) is 8.42 Å². The van der Waals surface area contributed by atoms with Crippen LogP contribution in [0.5, 0.6) is 0 Å². The van der Waals surface area contributed by atoms with Crippen molar-refractivity contribution in [2.75, 3.05) is 23.8 Å². The van der Waals surface area contributed by atoms with Crippen molar-refractivity contribution in [1.29, 1.82) is 0 Å². The van der Waals surface area contributed by atoms with Crippen molar-refractivity contribution in [3.05, 3.63) is 18.2 Å². The van der Waals surface area contributed by atoms with E-state index in [0.29, 0.717) is 30.4 Å². The summed E-state index contributed by atoms with van der Waals surface area (Å²) in [4.78, 5) is 2.15. The first kappa shape index (κ1) is 15.1. The van der Waals surface area contributed by atoms with Crippen molar-refractivity contribution in [3.63, 3.8) is 0 Å². The Bertz CT molecular complexity index is 570. The van der Waals surface area contributed by atoms with Crippen LogP contribution in [-0.2, 0) is 10.0 Å². The highest BCUT2D eigenvalue weighted by Crippen LogP contribution is 2.34. The maximum Gasteiger partial charge on any atom is 0.238 e. The molecule has 0 atom stereocenters. The molecule has 0 spiro atoms. The summed E-state index contributed by atoms with van der Waals surface area (Å²) in [7, 11) is -3.74. The van der Waals surface area contributed by atoms with Crippen LogP contribution in [0.15, 0.2) is 23.1 Å². The van der Waals surface area contributed by atoms with E-state index in [1.807, 2.05) is 0 Å². The summed E-state index contributed by atoms with van der Waals surface area (Å²) in [5, 5.41) is 14.2. The average Bonchev–Trinajstić information content (AvgIpc) is 2.31. The zero-order valence-corrected chi connectivity index (χ0v) is 12.1. The number of sulfonamides is 1. The monoisotopic (exact) mass is 299 g/mol. The molecule has 20 heavy (non-hydrogen) atoms. The molecule has 0 radical (unpaired) electrons. The number of hydrogen-bond donors (Lipinski definition) is 3. The molecule has 1 saturated carbocycles. The minimum Gasteiger partial charge on any atom is -0.397 e. The number of nitrogens with zero attached hydrogens (tertiary/aromatic N) is 1. The van der Waals surface area contributed by atoms with E-state index in [0.717, 1.165) is 19.3 Å². The summed E-state index contributed by atoms with van der Waals surface area (Å²) in [5.41, 5.74) is 7.20. The third-order valence-corrected chi connectivity index (χ3v) is 4.62. The van der Waals surface area contributed by atoms with E-state index in [1.165, 1.54) is 12.1 Å². The van der Waals surface area contributed by atoms with Gasteiger partial charge in [0.15, 0.2) is 0 Å². The molecule has 0 amide bonds. The minimum absolute atomic E-state index is 0.0648. The summed E-state index contributed by atoms with van der Waals surface area (Å²) < 4.78 is 22.9. The Kier molecular flexibility index (Phi) is 4.52. The Balaban J connectivity index is 2.35. The summed E-state index contributed by atoms with van der Waals surface area (Å²) in [6.07, 6.45) is 3.90. The number of rotatable bonds is 6. The van der Waals surface area contributed by atoms with Gasteiger partial charge in [0, 0.05) is 19.2 Å². The first-order chi connectivity index (χ1) is 9.43. The van der Waals surface area contributed by atoms with Crippen LogP contribution < -0.4 is 15.8 Å². The van der Waals surface area contributed by atoms with Gasteiger partial charge in [0.1, 0.15) is 0 Å². The number of anilines is 2. The molecule has 1 aromatic rings. The van der Waals surface area contributed by atoms with Crippen molar-refractivity contribution in [1.82, 2.24) is 0 Å². The highest BCUT2D eigenvalue weighted by atomic mass is 32.2. The molecule has 6 nitrogen and oxygen atoms in total. The van der Waals surface area contributed by atoms with Crippen LogP contribution in [0.1, 0.15) is 25.7 Å². The average molecular weight is 299 g/mol. The molecule has 0 unspecified atom stereocenters. The standard InChI is InChI=1S/C13H21N3O3S/c14-12-6-5-11(20(15,18)19)9-13(12)16(7-2-8-17)10-3-1-4-10/h5-6,9-10,17H,1-4,7-8,14H2,(H2,15,18,19). The number of benzene rings is 1. The zero-order valence-electron chi connectivity index (χ0n) is 11.3. The SMILES string of the molecule is Nc1ccc(S(N)(=O)=O)cc1N(CCCO)C1CCC1. The quantitative estimate of drug-likeness (QED) is 0.668. The predicted octanol–water partition coefficient (Wildman–Crippen LogP) is 0.657. The lowest BCUT2D eigenvalue weighted by atomic mass is 9.90. The molecule has 0 aromatic heterocycles. The first-order valence-corrected chi connectivity index (χ1v) is 8.28. The summed E-state index contributed by atoms with van der Waals surface area (Å²) in [6, 6.07) is 4.87. The van der Waals surface area contributed by atoms with Gasteiger partial charge >= 0.3 is 0 Å². The topological polar surface area (TPSA) is 110 Å². The number of nitrogen functional groups attached to an aromatic ring is 1. The van der Waals surface area contributed by atoms with Gasteiger partial charge in [0.05, 0.1) is 16.3 Å². The third-order valence-electron chi connectivity index (χ3n) is 3.71. The number of aliphatic hydroxyl groups excluding tert-OH is 1. The van der Waals surface area contributed by atoms with Crippen molar-refractivity contribution in [3.8, 4) is 0 Å². The van der Waals surface area contributed by atoms with Crippen LogP contribution in [0.25, 0.3) is 0 Å². The molecule has 112 valence electrons. The van der Waals surface area contributed by atoms with Crippen LogP contribution in [-0.4, -0.2) is 32.7 Å². The molecule has 7 heteroatoms. The van der Waals surface area contributed by atoms with Crippen LogP contribution >= 0.6 is 0 Å². The highest BCUT2D eigenvalue weighted by Gasteiger charge is 2.26. The molecule has 0 bridgehead atoms. The van der Waals surface area contributed by atoms with Gasteiger partial charge in [-0.15, -0.1) is 0 Å². The zero-order chi connectivity index (χ0) is 14.8. The number of aliphatic hydroxyl groups is 1. The molecule has 0 saturated heterocycles. The summed E-state index contributed by atoms with van der Waals surface area (Å²) >= 11 is 0. The van der Waals surface area contributed by atoms with E-state index in [2.05, 4.69) is 4.90 Å². The molecule has 0 aliphatic heterocycles. The van der Waals surface area contributed by atoms with E-state index < -0.39 is 10.0 Å². The van der Waals surface area contributed by atoms with Gasteiger partial charge in [-0.05, 0) is 43.9 Å². The van der Waals surface area contributed by atoms with Crippen LogP contribution in [0.2, 0.25) is 0 Å². The second-order valence-electron chi connectivity index (χ2n) is 5.12. The molecule has 5 N–H and O–H groups in total. The van der Waals surface area contributed by atoms with Crippen LogP contribution in [0.4, 0.5) is 11.4 Å². The number of hydrogen-bond acceptors (Lipinski definition) is 5. The normalized spacial score (nSPS) is 15.9. The molecule has 1 aliphatic rings. The van der Waals surface area contributed by atoms with E-state index in [4.69, 9.17) is 16.0 Å². The second kappa shape index (κ2) is 5.99. The summed E-state index contributed by atoms with van der Waals surface area (Å²) in [6.45, 7) is 0.747.